The van der Waals surface area contributed by atoms with Gasteiger partial charge in [-0.1, -0.05) is 23.2 Å². The van der Waals surface area contributed by atoms with E-state index in [4.69, 9.17) is 27.9 Å². The van der Waals surface area contributed by atoms with Crippen molar-refractivity contribution in [3.63, 3.8) is 0 Å². The summed E-state index contributed by atoms with van der Waals surface area (Å²) in [5, 5.41) is 9.55. The zero-order chi connectivity index (χ0) is 14.0. The summed E-state index contributed by atoms with van der Waals surface area (Å²) in [6.45, 7) is 1.32. The minimum atomic E-state index is -1.11. The molecule has 0 unspecified atom stereocenters. The molecule has 0 saturated carbocycles. The molecule has 1 saturated heterocycles. The molecule has 0 aromatic carbocycles. The van der Waals surface area contributed by atoms with Crippen LogP contribution in [0.2, 0.25) is 10.2 Å². The minimum absolute atomic E-state index is 0.0138. The first-order chi connectivity index (χ1) is 9.00. The van der Waals surface area contributed by atoms with Gasteiger partial charge >= 0.3 is 5.97 Å². The number of pyridine rings is 1. The van der Waals surface area contributed by atoms with Crippen LogP contribution >= 0.6 is 23.2 Å². The number of hydrogen-bond acceptors (Lipinski definition) is 4. The molecule has 1 aliphatic rings. The predicted molar refractivity (Wildman–Crippen MR) is 73.5 cm³/mol. The average molecular weight is 305 g/mol. The zero-order valence-electron chi connectivity index (χ0n) is 10.4. The Hall–Kier alpha value is -1.04. The Kier molecular flexibility index (Phi) is 4.50. The van der Waals surface area contributed by atoms with Crippen molar-refractivity contribution in [2.24, 2.45) is 0 Å². The molecule has 1 fully saturated rings. The summed E-state index contributed by atoms with van der Waals surface area (Å²) in [5.41, 5.74) is -0.0138. The SMILES string of the molecule is CN(c1nc(Cl)cc(Cl)c1C(=O)O)C1CCOCC1. The Labute approximate surface area is 121 Å². The Bertz CT molecular complexity index is 490. The monoisotopic (exact) mass is 304 g/mol. The molecule has 0 spiro atoms. The minimum Gasteiger partial charge on any atom is -0.478 e. The number of aromatic nitrogens is 1. The molecule has 7 heteroatoms. The maximum absolute atomic E-state index is 11.3. The Morgan fingerprint density at radius 1 is 1.47 bits per heavy atom. The highest BCUT2D eigenvalue weighted by Crippen LogP contribution is 2.30. The number of carboxylic acid groups (broad SMARTS) is 1. The molecule has 0 radical (unpaired) electrons. The summed E-state index contributed by atoms with van der Waals surface area (Å²) >= 11 is 11.8. The summed E-state index contributed by atoms with van der Waals surface area (Å²) in [6.07, 6.45) is 1.64. The van der Waals surface area contributed by atoms with Crippen LogP contribution in [-0.2, 0) is 4.74 Å². The third-order valence-corrected chi connectivity index (χ3v) is 3.70. The number of anilines is 1. The molecule has 5 nitrogen and oxygen atoms in total. The van der Waals surface area contributed by atoms with Gasteiger partial charge in [-0.2, -0.15) is 0 Å². The van der Waals surface area contributed by atoms with E-state index in [2.05, 4.69) is 4.98 Å². The van der Waals surface area contributed by atoms with E-state index in [0.29, 0.717) is 19.0 Å². The quantitative estimate of drug-likeness (QED) is 0.870. The van der Waals surface area contributed by atoms with Gasteiger partial charge < -0.3 is 14.7 Å². The van der Waals surface area contributed by atoms with Crippen LogP contribution < -0.4 is 4.90 Å². The second kappa shape index (κ2) is 5.94. The second-order valence-corrected chi connectivity index (χ2v) is 5.18. The molecular formula is C12H14Cl2N2O3. The molecule has 1 N–H and O–H groups in total. The molecule has 1 aromatic heterocycles. The van der Waals surface area contributed by atoms with Crippen LogP contribution in [0, 0.1) is 0 Å². The van der Waals surface area contributed by atoms with E-state index in [1.165, 1.54) is 6.07 Å². The highest BCUT2D eigenvalue weighted by atomic mass is 35.5. The van der Waals surface area contributed by atoms with Crippen molar-refractivity contribution in [1.29, 1.82) is 0 Å². The fourth-order valence-corrected chi connectivity index (χ4v) is 2.68. The number of hydrogen-bond donors (Lipinski definition) is 1. The molecule has 0 atom stereocenters. The van der Waals surface area contributed by atoms with Crippen molar-refractivity contribution in [1.82, 2.24) is 4.98 Å². The number of aromatic carboxylic acids is 1. The van der Waals surface area contributed by atoms with Gasteiger partial charge in [0.2, 0.25) is 0 Å². The summed E-state index contributed by atoms with van der Waals surface area (Å²) in [7, 11) is 1.80. The topological polar surface area (TPSA) is 62.7 Å². The number of ether oxygens (including phenoxy) is 1. The van der Waals surface area contributed by atoms with Gasteiger partial charge in [0.05, 0.1) is 5.02 Å². The van der Waals surface area contributed by atoms with Crippen LogP contribution in [-0.4, -0.2) is 42.4 Å². The van der Waals surface area contributed by atoms with E-state index in [0.717, 1.165) is 12.8 Å². The van der Waals surface area contributed by atoms with Gasteiger partial charge in [0.25, 0.3) is 0 Å². The largest absolute Gasteiger partial charge is 0.478 e. The van der Waals surface area contributed by atoms with Crippen LogP contribution in [0.4, 0.5) is 5.82 Å². The number of nitrogens with zero attached hydrogens (tertiary/aromatic N) is 2. The number of rotatable bonds is 3. The van der Waals surface area contributed by atoms with Crippen molar-refractivity contribution in [2.45, 2.75) is 18.9 Å². The average Bonchev–Trinajstić information content (AvgIpc) is 2.37. The second-order valence-electron chi connectivity index (χ2n) is 4.39. The van der Waals surface area contributed by atoms with Gasteiger partial charge in [0, 0.05) is 26.3 Å². The third kappa shape index (κ3) is 3.11. The van der Waals surface area contributed by atoms with Crippen molar-refractivity contribution >= 4 is 35.0 Å². The van der Waals surface area contributed by atoms with Crippen LogP contribution in [0.25, 0.3) is 0 Å². The zero-order valence-corrected chi connectivity index (χ0v) is 11.9. The van der Waals surface area contributed by atoms with E-state index in [1.54, 1.807) is 7.05 Å². The van der Waals surface area contributed by atoms with Crippen LogP contribution in [0.5, 0.6) is 0 Å². The van der Waals surface area contributed by atoms with Gasteiger partial charge in [-0.05, 0) is 18.9 Å². The molecular weight excluding hydrogens is 291 g/mol. The van der Waals surface area contributed by atoms with Gasteiger partial charge in [0.15, 0.2) is 0 Å². The Balaban J connectivity index is 2.39. The van der Waals surface area contributed by atoms with Crippen LogP contribution in [0.15, 0.2) is 6.07 Å². The lowest BCUT2D eigenvalue weighted by molar-refractivity contribution is 0.0696. The summed E-state index contributed by atoms with van der Waals surface area (Å²) in [4.78, 5) is 17.3. The first kappa shape index (κ1) is 14.4. The summed E-state index contributed by atoms with van der Waals surface area (Å²) in [5.74, 6) is -0.806. The third-order valence-electron chi connectivity index (χ3n) is 3.21. The summed E-state index contributed by atoms with van der Waals surface area (Å²) in [6, 6.07) is 1.52. The lowest BCUT2D eigenvalue weighted by atomic mass is 10.1. The molecule has 104 valence electrons. The number of halogens is 2. The Morgan fingerprint density at radius 2 is 2.11 bits per heavy atom. The van der Waals surface area contributed by atoms with E-state index in [1.807, 2.05) is 4.90 Å². The summed E-state index contributed by atoms with van der Waals surface area (Å²) < 4.78 is 5.30. The van der Waals surface area contributed by atoms with Crippen molar-refractivity contribution in [3.8, 4) is 0 Å². The molecule has 19 heavy (non-hydrogen) atoms. The normalized spacial score (nSPS) is 16.4. The lowest BCUT2D eigenvalue weighted by Crippen LogP contribution is -2.38. The molecule has 2 heterocycles. The predicted octanol–water partition coefficient (Wildman–Crippen LogP) is 2.70. The van der Waals surface area contributed by atoms with Gasteiger partial charge in [-0.25, -0.2) is 9.78 Å². The van der Waals surface area contributed by atoms with Gasteiger partial charge in [-0.15, -0.1) is 0 Å². The fourth-order valence-electron chi connectivity index (χ4n) is 2.17. The molecule has 0 bridgehead atoms. The van der Waals surface area contributed by atoms with E-state index >= 15 is 0 Å². The van der Waals surface area contributed by atoms with E-state index < -0.39 is 5.97 Å². The van der Waals surface area contributed by atoms with Crippen LogP contribution in [0.1, 0.15) is 23.2 Å². The van der Waals surface area contributed by atoms with Gasteiger partial charge in [-0.3, -0.25) is 0 Å². The number of carbonyl (C=O) groups is 1. The first-order valence-corrected chi connectivity index (χ1v) is 6.66. The maximum atomic E-state index is 11.3. The van der Waals surface area contributed by atoms with Gasteiger partial charge in [0.1, 0.15) is 16.5 Å². The molecule has 1 aliphatic heterocycles. The highest BCUT2D eigenvalue weighted by molar-refractivity contribution is 6.36. The standard InChI is InChI=1S/C12H14Cl2N2O3/c1-16(7-2-4-19-5-3-7)11-10(12(17)18)8(13)6-9(14)15-11/h6-7H,2-5H2,1H3,(H,17,18). The molecule has 0 aliphatic carbocycles. The maximum Gasteiger partial charge on any atom is 0.341 e. The fraction of sp³-hybridized carbons (Fsp3) is 0.500. The Morgan fingerprint density at radius 3 is 2.68 bits per heavy atom. The van der Waals surface area contributed by atoms with Crippen molar-refractivity contribution < 1.29 is 14.6 Å². The van der Waals surface area contributed by atoms with E-state index in [-0.39, 0.29) is 21.8 Å². The smallest absolute Gasteiger partial charge is 0.341 e. The lowest BCUT2D eigenvalue weighted by Gasteiger charge is -2.32. The first-order valence-electron chi connectivity index (χ1n) is 5.90. The molecule has 0 amide bonds. The van der Waals surface area contributed by atoms with Crippen LogP contribution in [0.3, 0.4) is 0 Å². The highest BCUT2D eigenvalue weighted by Gasteiger charge is 2.26. The molecule has 2 rings (SSSR count). The van der Waals surface area contributed by atoms with E-state index in [9.17, 15) is 9.90 Å². The molecule has 1 aromatic rings. The van der Waals surface area contributed by atoms with Crippen molar-refractivity contribution in [3.05, 3.63) is 21.8 Å². The number of carboxylic acids is 1. The van der Waals surface area contributed by atoms with Crippen molar-refractivity contribution in [2.75, 3.05) is 25.2 Å².